The Bertz CT molecular complexity index is 1140. The molecule has 8 heteroatoms. The number of nitrogens with zero attached hydrogens (tertiary/aromatic N) is 3. The van der Waals surface area contributed by atoms with Crippen LogP contribution in [-0.4, -0.2) is 39.1 Å². The van der Waals surface area contributed by atoms with Crippen LogP contribution in [0.3, 0.4) is 0 Å². The number of carbonyl (C=O) groups excluding carboxylic acids is 1. The number of aliphatic imine (C=N–C) groups is 1. The van der Waals surface area contributed by atoms with Crippen molar-refractivity contribution in [3.05, 3.63) is 76.0 Å². The number of aromatic nitrogens is 1. The Labute approximate surface area is 175 Å². The lowest BCUT2D eigenvalue weighted by molar-refractivity contribution is -0.121. The lowest BCUT2D eigenvalue weighted by Gasteiger charge is -2.05. The number of carbonyl (C=O) groups is 2. The molecular weight excluding hydrogens is 406 g/mol. The number of carboxylic acids is 1. The van der Waals surface area contributed by atoms with E-state index in [0.717, 1.165) is 16.8 Å². The van der Waals surface area contributed by atoms with Gasteiger partial charge in [-0.15, -0.1) is 11.3 Å². The van der Waals surface area contributed by atoms with E-state index in [2.05, 4.69) is 9.98 Å². The van der Waals surface area contributed by atoms with Crippen molar-refractivity contribution in [2.75, 3.05) is 7.05 Å². The molecule has 1 fully saturated rings. The third kappa shape index (κ3) is 4.13. The highest BCUT2D eigenvalue weighted by Crippen LogP contribution is 2.34. The van der Waals surface area contributed by atoms with Crippen molar-refractivity contribution in [1.82, 2.24) is 9.88 Å². The molecule has 1 aliphatic rings. The number of aromatic carboxylic acids is 1. The van der Waals surface area contributed by atoms with Crippen LogP contribution in [0.15, 0.2) is 69.9 Å². The smallest absolute Gasteiger partial charge is 0.335 e. The first-order valence-electron chi connectivity index (χ1n) is 8.62. The van der Waals surface area contributed by atoms with Crippen molar-refractivity contribution in [3.8, 4) is 11.3 Å². The van der Waals surface area contributed by atoms with Crippen molar-refractivity contribution < 1.29 is 14.7 Å². The predicted molar refractivity (Wildman–Crippen MR) is 116 cm³/mol. The lowest BCUT2D eigenvalue weighted by atomic mass is 10.1. The molecule has 0 unspecified atom stereocenters. The number of amidine groups is 1. The van der Waals surface area contributed by atoms with Gasteiger partial charge in [-0.2, -0.15) is 4.99 Å². The average molecular weight is 422 g/mol. The van der Waals surface area contributed by atoms with Crippen LogP contribution in [0.5, 0.6) is 0 Å². The zero-order chi connectivity index (χ0) is 20.4. The van der Waals surface area contributed by atoms with Gasteiger partial charge in [0.15, 0.2) is 5.17 Å². The molecule has 0 radical (unpaired) electrons. The molecule has 1 aliphatic heterocycles. The molecule has 4 rings (SSSR count). The van der Waals surface area contributed by atoms with Gasteiger partial charge in [0, 0.05) is 18.0 Å². The second-order valence-electron chi connectivity index (χ2n) is 6.18. The van der Waals surface area contributed by atoms with Gasteiger partial charge in [0.05, 0.1) is 16.2 Å². The van der Waals surface area contributed by atoms with Gasteiger partial charge in [0.2, 0.25) is 5.13 Å². The van der Waals surface area contributed by atoms with Crippen LogP contribution < -0.4 is 0 Å². The third-order valence-corrected chi connectivity index (χ3v) is 6.01. The molecular formula is C21H15N3O3S2. The van der Waals surface area contributed by atoms with Gasteiger partial charge in [0.1, 0.15) is 0 Å². The van der Waals surface area contributed by atoms with Crippen LogP contribution in [0.4, 0.5) is 5.13 Å². The van der Waals surface area contributed by atoms with Crippen molar-refractivity contribution in [3.63, 3.8) is 0 Å². The molecule has 29 heavy (non-hydrogen) atoms. The summed E-state index contributed by atoms with van der Waals surface area (Å²) in [4.78, 5) is 34.6. The van der Waals surface area contributed by atoms with Gasteiger partial charge in [-0.25, -0.2) is 9.78 Å². The van der Waals surface area contributed by atoms with E-state index < -0.39 is 5.97 Å². The molecule has 0 aliphatic carbocycles. The normalized spacial score (nSPS) is 16.7. The fourth-order valence-electron chi connectivity index (χ4n) is 2.66. The van der Waals surface area contributed by atoms with E-state index in [1.165, 1.54) is 40.1 Å². The predicted octanol–water partition coefficient (Wildman–Crippen LogP) is 4.74. The Balaban J connectivity index is 1.56. The molecule has 0 bridgehead atoms. The SMILES string of the molecule is CN1C(=O)/C(=C/c2ccc(C(=O)O)cc2)S/C1=N/c1nc(-c2ccccc2)cs1. The first kappa shape index (κ1) is 19.1. The van der Waals surface area contributed by atoms with E-state index in [1.54, 1.807) is 25.3 Å². The maximum Gasteiger partial charge on any atom is 0.335 e. The van der Waals surface area contributed by atoms with Gasteiger partial charge in [0.25, 0.3) is 5.91 Å². The van der Waals surface area contributed by atoms with Crippen molar-refractivity contribution >= 4 is 51.4 Å². The van der Waals surface area contributed by atoms with E-state index in [9.17, 15) is 9.59 Å². The van der Waals surface area contributed by atoms with Crippen LogP contribution in [0.2, 0.25) is 0 Å². The summed E-state index contributed by atoms with van der Waals surface area (Å²) in [5, 5.41) is 12.1. The first-order valence-corrected chi connectivity index (χ1v) is 10.3. The van der Waals surface area contributed by atoms with Gasteiger partial charge in [-0.1, -0.05) is 42.5 Å². The number of hydrogen-bond donors (Lipinski definition) is 1. The van der Waals surface area contributed by atoms with Crippen LogP contribution in [0, 0.1) is 0 Å². The second kappa shape index (κ2) is 8.02. The first-order chi connectivity index (χ1) is 14.0. The van der Waals surface area contributed by atoms with E-state index >= 15 is 0 Å². The minimum Gasteiger partial charge on any atom is -0.478 e. The molecule has 1 N–H and O–H groups in total. The average Bonchev–Trinajstić information content (AvgIpc) is 3.30. The summed E-state index contributed by atoms with van der Waals surface area (Å²) in [7, 11) is 1.67. The Morgan fingerprint density at radius 3 is 2.55 bits per heavy atom. The van der Waals surface area contributed by atoms with Gasteiger partial charge in [-0.3, -0.25) is 9.69 Å². The molecule has 6 nitrogen and oxygen atoms in total. The number of benzene rings is 2. The van der Waals surface area contributed by atoms with Crippen LogP contribution in [0.25, 0.3) is 17.3 Å². The molecule has 1 amide bonds. The fourth-order valence-corrected chi connectivity index (χ4v) is 4.39. The highest BCUT2D eigenvalue weighted by molar-refractivity contribution is 8.18. The summed E-state index contributed by atoms with van der Waals surface area (Å²) >= 11 is 2.69. The molecule has 0 spiro atoms. The molecule has 144 valence electrons. The largest absolute Gasteiger partial charge is 0.478 e. The summed E-state index contributed by atoms with van der Waals surface area (Å²) in [6, 6.07) is 16.2. The molecule has 0 saturated carbocycles. The lowest BCUT2D eigenvalue weighted by Crippen LogP contribution is -2.23. The van der Waals surface area contributed by atoms with Crippen molar-refractivity contribution in [2.24, 2.45) is 4.99 Å². The molecule has 2 heterocycles. The zero-order valence-electron chi connectivity index (χ0n) is 15.3. The minimum atomic E-state index is -0.983. The van der Waals surface area contributed by atoms with E-state index in [0.29, 0.717) is 15.2 Å². The number of carboxylic acid groups (broad SMARTS) is 1. The summed E-state index contributed by atoms with van der Waals surface area (Å²) in [6.07, 6.45) is 1.73. The standard InChI is InChI=1S/C21H15N3O3S2/c1-24-18(25)17(11-13-7-9-15(10-8-13)19(26)27)29-21(24)23-20-22-16(12-28-20)14-5-3-2-4-6-14/h2-12H,1H3,(H,26,27)/b17-11-,23-21+. The number of thioether (sulfide) groups is 1. The quantitative estimate of drug-likeness (QED) is 0.615. The third-order valence-electron chi connectivity index (χ3n) is 4.21. The molecule has 1 saturated heterocycles. The number of amides is 1. The molecule has 0 atom stereocenters. The van der Waals surface area contributed by atoms with Crippen molar-refractivity contribution in [1.29, 1.82) is 0 Å². The summed E-state index contributed by atoms with van der Waals surface area (Å²) in [5.74, 6) is -1.14. The molecule has 2 aromatic carbocycles. The molecule has 3 aromatic rings. The Kier molecular flexibility index (Phi) is 5.28. The van der Waals surface area contributed by atoms with E-state index in [4.69, 9.17) is 5.11 Å². The number of likely N-dealkylation sites (N-methyl/N-ethyl adjacent to an activating group) is 1. The van der Waals surface area contributed by atoms with Gasteiger partial charge in [-0.05, 0) is 35.5 Å². The van der Waals surface area contributed by atoms with E-state index in [-0.39, 0.29) is 11.5 Å². The summed E-state index contributed by atoms with van der Waals surface area (Å²) < 4.78 is 0. The van der Waals surface area contributed by atoms with Gasteiger partial charge >= 0.3 is 5.97 Å². The topological polar surface area (TPSA) is 82.9 Å². The number of rotatable bonds is 4. The van der Waals surface area contributed by atoms with Crippen molar-refractivity contribution in [2.45, 2.75) is 0 Å². The zero-order valence-corrected chi connectivity index (χ0v) is 16.9. The van der Waals surface area contributed by atoms with Crippen LogP contribution >= 0.6 is 23.1 Å². The number of thiazole rings is 1. The minimum absolute atomic E-state index is 0.157. The van der Waals surface area contributed by atoms with E-state index in [1.807, 2.05) is 35.7 Å². The van der Waals surface area contributed by atoms with Crippen LogP contribution in [0.1, 0.15) is 15.9 Å². The summed E-state index contributed by atoms with van der Waals surface area (Å²) in [6.45, 7) is 0. The summed E-state index contributed by atoms with van der Waals surface area (Å²) in [5.41, 5.74) is 2.82. The second-order valence-corrected chi connectivity index (χ2v) is 8.02. The highest BCUT2D eigenvalue weighted by atomic mass is 32.2. The molecule has 1 aromatic heterocycles. The Hall–Kier alpha value is -3.23. The Morgan fingerprint density at radius 2 is 1.86 bits per heavy atom. The van der Waals surface area contributed by atoms with Crippen LogP contribution in [-0.2, 0) is 4.79 Å². The maximum absolute atomic E-state index is 12.6. The monoisotopic (exact) mass is 421 g/mol. The number of hydrogen-bond acceptors (Lipinski definition) is 6. The highest BCUT2D eigenvalue weighted by Gasteiger charge is 2.30. The fraction of sp³-hybridized carbons (Fsp3) is 0.0476. The Morgan fingerprint density at radius 1 is 1.14 bits per heavy atom. The maximum atomic E-state index is 12.6. The van der Waals surface area contributed by atoms with Gasteiger partial charge < -0.3 is 5.11 Å².